The molecule has 0 aliphatic carbocycles. The Kier molecular flexibility index (Phi) is 3.99. The molecule has 0 radical (unpaired) electrons. The second-order valence-corrected chi connectivity index (χ2v) is 6.37. The summed E-state index contributed by atoms with van der Waals surface area (Å²) in [5.74, 6) is 0.381. The molecule has 3 aromatic heterocycles. The third-order valence-electron chi connectivity index (χ3n) is 3.73. The molecule has 3 aromatic rings. The molecule has 8 heteroatoms. The van der Waals surface area contributed by atoms with E-state index in [1.807, 2.05) is 44.4 Å². The van der Waals surface area contributed by atoms with Crippen LogP contribution >= 0.6 is 11.3 Å². The number of carbonyl (C=O) groups excluding carboxylic acids is 1. The Morgan fingerprint density at radius 2 is 2.22 bits per heavy atom. The highest BCUT2D eigenvalue weighted by atomic mass is 32.1. The van der Waals surface area contributed by atoms with Crippen LogP contribution in [0.2, 0.25) is 0 Å². The van der Waals surface area contributed by atoms with Crippen LogP contribution in [-0.2, 0) is 5.54 Å². The number of carbonyl (C=O) groups is 1. The molecule has 1 unspecified atom stereocenters. The Labute approximate surface area is 137 Å². The number of aryl methyl sites for hydroxylation is 1. The summed E-state index contributed by atoms with van der Waals surface area (Å²) in [6, 6.07) is 5.21. The molecule has 120 valence electrons. The summed E-state index contributed by atoms with van der Waals surface area (Å²) in [7, 11) is 0. The average Bonchev–Trinajstić information content (AvgIpc) is 3.14. The van der Waals surface area contributed by atoms with Crippen LogP contribution in [0.3, 0.4) is 0 Å². The van der Waals surface area contributed by atoms with Gasteiger partial charge in [-0.15, -0.1) is 21.5 Å². The molecule has 0 saturated carbocycles. The van der Waals surface area contributed by atoms with Gasteiger partial charge in [0.25, 0.3) is 0 Å². The lowest BCUT2D eigenvalue weighted by atomic mass is 10.0. The highest BCUT2D eigenvalue weighted by Crippen LogP contribution is 2.27. The first kappa shape index (κ1) is 15.4. The van der Waals surface area contributed by atoms with E-state index < -0.39 is 5.54 Å². The molecule has 7 nitrogen and oxygen atoms in total. The molecular formula is C15H18N6OS. The van der Waals surface area contributed by atoms with E-state index in [2.05, 4.69) is 25.8 Å². The van der Waals surface area contributed by atoms with Crippen LogP contribution < -0.4 is 10.6 Å². The van der Waals surface area contributed by atoms with E-state index in [1.54, 1.807) is 21.9 Å². The summed E-state index contributed by atoms with van der Waals surface area (Å²) in [6.07, 6.45) is 2.53. The number of urea groups is 1. The van der Waals surface area contributed by atoms with Crippen LogP contribution in [0.5, 0.6) is 0 Å². The summed E-state index contributed by atoms with van der Waals surface area (Å²) < 4.78 is 1.72. The molecule has 3 heterocycles. The largest absolute Gasteiger partial charge is 0.326 e. The van der Waals surface area contributed by atoms with Gasteiger partial charge in [0.1, 0.15) is 5.01 Å². The molecular weight excluding hydrogens is 312 g/mol. The van der Waals surface area contributed by atoms with Gasteiger partial charge in [0.05, 0.1) is 5.54 Å². The highest BCUT2D eigenvalue weighted by Gasteiger charge is 2.30. The molecule has 0 bridgehead atoms. The number of nitrogens with zero attached hydrogens (tertiary/aromatic N) is 4. The van der Waals surface area contributed by atoms with Crippen LogP contribution in [-0.4, -0.2) is 25.6 Å². The number of hydrogen-bond acceptors (Lipinski definition) is 5. The summed E-state index contributed by atoms with van der Waals surface area (Å²) in [6.45, 7) is 5.93. The maximum atomic E-state index is 12.4. The molecule has 23 heavy (non-hydrogen) atoms. The molecule has 0 aliphatic heterocycles. The van der Waals surface area contributed by atoms with Gasteiger partial charge in [-0.3, -0.25) is 9.72 Å². The Balaban J connectivity index is 1.78. The van der Waals surface area contributed by atoms with Gasteiger partial charge in [-0.05, 0) is 32.4 Å². The predicted molar refractivity (Wildman–Crippen MR) is 89.6 cm³/mol. The van der Waals surface area contributed by atoms with E-state index in [0.29, 0.717) is 11.6 Å². The number of nitrogens with one attached hydrogen (secondary N) is 2. The zero-order valence-electron chi connectivity index (χ0n) is 13.2. The number of hydrogen-bond donors (Lipinski definition) is 2. The van der Waals surface area contributed by atoms with Crippen molar-refractivity contribution in [3.63, 3.8) is 0 Å². The molecule has 2 N–H and O–H groups in total. The summed E-state index contributed by atoms with van der Waals surface area (Å²) in [5, 5.41) is 16.6. The number of aromatic nitrogens is 4. The molecule has 0 saturated heterocycles. The fourth-order valence-corrected chi connectivity index (χ4v) is 3.20. The topological polar surface area (TPSA) is 84.2 Å². The minimum absolute atomic E-state index is 0.333. The van der Waals surface area contributed by atoms with Crippen molar-refractivity contribution in [2.75, 3.05) is 5.32 Å². The number of amides is 2. The molecule has 0 aromatic carbocycles. The summed E-state index contributed by atoms with van der Waals surface area (Å²) in [5.41, 5.74) is 1.11. The molecule has 3 rings (SSSR count). The van der Waals surface area contributed by atoms with Gasteiger partial charge >= 0.3 is 6.03 Å². The lowest BCUT2D eigenvalue weighted by Crippen LogP contribution is -2.45. The van der Waals surface area contributed by atoms with Crippen molar-refractivity contribution in [2.24, 2.45) is 0 Å². The second-order valence-electron chi connectivity index (χ2n) is 5.51. The van der Waals surface area contributed by atoms with Gasteiger partial charge in [0, 0.05) is 17.3 Å². The van der Waals surface area contributed by atoms with Crippen molar-refractivity contribution in [1.82, 2.24) is 24.9 Å². The molecule has 0 fully saturated rings. The van der Waals surface area contributed by atoms with Crippen molar-refractivity contribution in [3.8, 4) is 0 Å². The van der Waals surface area contributed by atoms with Crippen molar-refractivity contribution in [2.45, 2.75) is 32.7 Å². The normalized spacial score (nSPS) is 13.7. The average molecular weight is 330 g/mol. The van der Waals surface area contributed by atoms with E-state index in [9.17, 15) is 4.79 Å². The third-order valence-corrected chi connectivity index (χ3v) is 4.95. The number of fused-ring (bicyclic) bond motifs is 1. The Bertz CT molecular complexity index is 841. The van der Waals surface area contributed by atoms with Gasteiger partial charge in [-0.2, -0.15) is 0 Å². The minimum Gasteiger partial charge on any atom is -0.326 e. The van der Waals surface area contributed by atoms with Crippen LogP contribution in [0.15, 0.2) is 29.8 Å². The Hall–Kier alpha value is -2.48. The monoisotopic (exact) mass is 330 g/mol. The van der Waals surface area contributed by atoms with E-state index in [0.717, 1.165) is 17.1 Å². The van der Waals surface area contributed by atoms with Crippen LogP contribution in [0.1, 0.15) is 31.0 Å². The highest BCUT2D eigenvalue weighted by molar-refractivity contribution is 7.09. The SMILES string of the molecule is CCC(C)(NC(=O)Nc1nnc2ccccn12)c1nc(C)cs1. The zero-order valence-corrected chi connectivity index (χ0v) is 14.0. The van der Waals surface area contributed by atoms with Gasteiger partial charge in [0.15, 0.2) is 5.65 Å². The van der Waals surface area contributed by atoms with Gasteiger partial charge < -0.3 is 5.32 Å². The predicted octanol–water partition coefficient (Wildman–Crippen LogP) is 2.94. The number of thiazole rings is 1. The number of rotatable bonds is 4. The fraction of sp³-hybridized carbons (Fsp3) is 0.333. The van der Waals surface area contributed by atoms with Gasteiger partial charge in [-0.1, -0.05) is 13.0 Å². The first-order valence-electron chi connectivity index (χ1n) is 7.33. The lowest BCUT2D eigenvalue weighted by molar-refractivity contribution is 0.237. The second kappa shape index (κ2) is 5.96. The quantitative estimate of drug-likeness (QED) is 0.770. The first-order chi connectivity index (χ1) is 11.0. The maximum absolute atomic E-state index is 12.4. The third kappa shape index (κ3) is 3.02. The van der Waals surface area contributed by atoms with E-state index in [4.69, 9.17) is 0 Å². The van der Waals surface area contributed by atoms with E-state index in [-0.39, 0.29) is 6.03 Å². The fourth-order valence-electron chi connectivity index (χ4n) is 2.21. The van der Waals surface area contributed by atoms with Gasteiger partial charge in [0.2, 0.25) is 5.95 Å². The first-order valence-corrected chi connectivity index (χ1v) is 8.21. The lowest BCUT2D eigenvalue weighted by Gasteiger charge is -2.27. The van der Waals surface area contributed by atoms with Crippen LogP contribution in [0, 0.1) is 6.92 Å². The van der Waals surface area contributed by atoms with E-state index >= 15 is 0 Å². The summed E-state index contributed by atoms with van der Waals surface area (Å²) in [4.78, 5) is 16.9. The molecule has 0 aliphatic rings. The Morgan fingerprint density at radius 1 is 1.39 bits per heavy atom. The molecule has 0 spiro atoms. The number of pyridine rings is 1. The molecule has 2 amide bonds. The zero-order chi connectivity index (χ0) is 16.4. The van der Waals surface area contributed by atoms with Crippen LogP contribution in [0.25, 0.3) is 5.65 Å². The van der Waals surface area contributed by atoms with Crippen molar-refractivity contribution in [1.29, 1.82) is 0 Å². The Morgan fingerprint density at radius 3 is 2.91 bits per heavy atom. The van der Waals surface area contributed by atoms with Crippen molar-refractivity contribution < 1.29 is 4.79 Å². The number of anilines is 1. The van der Waals surface area contributed by atoms with Crippen molar-refractivity contribution in [3.05, 3.63) is 40.5 Å². The smallest absolute Gasteiger partial charge is 0.322 e. The molecule has 1 atom stereocenters. The summed E-state index contributed by atoms with van der Waals surface area (Å²) >= 11 is 1.55. The van der Waals surface area contributed by atoms with Gasteiger partial charge in [-0.25, -0.2) is 9.78 Å². The van der Waals surface area contributed by atoms with E-state index in [1.165, 1.54) is 0 Å². The maximum Gasteiger partial charge on any atom is 0.322 e. The van der Waals surface area contributed by atoms with Crippen LogP contribution in [0.4, 0.5) is 10.7 Å². The minimum atomic E-state index is -0.524. The van der Waals surface area contributed by atoms with Crippen molar-refractivity contribution >= 4 is 29.0 Å². The standard InChI is InChI=1S/C15H18N6OS/c1-4-15(3,12-16-10(2)9-23-12)18-14(22)17-13-20-19-11-7-5-6-8-21(11)13/h5-9H,4H2,1-3H3,(H2,17,18,20,22).